The zero-order valence-corrected chi connectivity index (χ0v) is 15.4. The van der Waals surface area contributed by atoms with Crippen LogP contribution >= 0.6 is 12.2 Å². The molecule has 0 unspecified atom stereocenters. The minimum Gasteiger partial charge on any atom is -0.360 e. The van der Waals surface area contributed by atoms with Gasteiger partial charge in [0.15, 0.2) is 5.11 Å². The van der Waals surface area contributed by atoms with Crippen LogP contribution in [0.15, 0.2) is 12.4 Å². The Labute approximate surface area is 147 Å². The third-order valence-corrected chi connectivity index (χ3v) is 6.16. The zero-order valence-electron chi connectivity index (χ0n) is 14.6. The normalized spacial score (nSPS) is 23.7. The number of nitrogens with one attached hydrogen (secondary N) is 1. The predicted molar refractivity (Wildman–Crippen MR) is 101 cm³/mol. The lowest BCUT2D eigenvalue weighted by Gasteiger charge is -2.41. The summed E-state index contributed by atoms with van der Waals surface area (Å²) >= 11 is 5.88. The molecule has 3 nitrogen and oxygen atoms in total. The van der Waals surface area contributed by atoms with Crippen LogP contribution < -0.4 is 5.32 Å². The van der Waals surface area contributed by atoms with Crippen molar-refractivity contribution in [1.29, 1.82) is 0 Å². The monoisotopic (exact) mass is 335 g/mol. The van der Waals surface area contributed by atoms with Crippen molar-refractivity contribution < 1.29 is 0 Å². The Morgan fingerprint density at radius 3 is 2.04 bits per heavy atom. The molecule has 130 valence electrons. The topological polar surface area (TPSA) is 18.5 Å². The SMILES string of the molecule is C=C(N1CCCC1)N(C(=S)NC1CCCCC1)C1CCCCC1. The Morgan fingerprint density at radius 2 is 1.43 bits per heavy atom. The molecule has 3 rings (SSSR count). The fourth-order valence-corrected chi connectivity index (χ4v) is 4.87. The van der Waals surface area contributed by atoms with Crippen LogP contribution in [0.3, 0.4) is 0 Å². The van der Waals surface area contributed by atoms with Gasteiger partial charge in [-0.05, 0) is 50.7 Å². The molecule has 2 aliphatic carbocycles. The van der Waals surface area contributed by atoms with E-state index in [1.165, 1.54) is 77.0 Å². The highest BCUT2D eigenvalue weighted by atomic mass is 32.1. The van der Waals surface area contributed by atoms with Crippen molar-refractivity contribution in [2.45, 2.75) is 89.1 Å². The predicted octanol–water partition coefficient (Wildman–Crippen LogP) is 4.40. The van der Waals surface area contributed by atoms with E-state index in [1.54, 1.807) is 0 Å². The Kier molecular flexibility index (Phi) is 6.21. The first-order valence-electron chi connectivity index (χ1n) is 9.79. The second-order valence-electron chi connectivity index (χ2n) is 7.56. The molecule has 4 heteroatoms. The molecule has 0 bridgehead atoms. The van der Waals surface area contributed by atoms with Gasteiger partial charge in [-0.3, -0.25) is 0 Å². The van der Waals surface area contributed by atoms with E-state index in [0.717, 1.165) is 24.0 Å². The maximum Gasteiger partial charge on any atom is 0.175 e. The van der Waals surface area contributed by atoms with Gasteiger partial charge in [-0.15, -0.1) is 0 Å². The average Bonchev–Trinajstić information content (AvgIpc) is 3.11. The molecule has 1 heterocycles. The third-order valence-electron chi connectivity index (χ3n) is 5.84. The molecular weight excluding hydrogens is 302 g/mol. The van der Waals surface area contributed by atoms with Gasteiger partial charge in [-0.1, -0.05) is 45.1 Å². The summed E-state index contributed by atoms with van der Waals surface area (Å²) in [5.41, 5.74) is 0. The highest BCUT2D eigenvalue weighted by Crippen LogP contribution is 2.28. The van der Waals surface area contributed by atoms with Crippen molar-refractivity contribution in [3.8, 4) is 0 Å². The van der Waals surface area contributed by atoms with E-state index < -0.39 is 0 Å². The van der Waals surface area contributed by atoms with Crippen molar-refractivity contribution in [3.05, 3.63) is 12.4 Å². The van der Waals surface area contributed by atoms with Crippen LogP contribution in [0.5, 0.6) is 0 Å². The van der Waals surface area contributed by atoms with Gasteiger partial charge in [0, 0.05) is 25.2 Å². The molecular formula is C19H33N3S. The molecule has 1 N–H and O–H groups in total. The quantitative estimate of drug-likeness (QED) is 0.767. The molecule has 1 aliphatic heterocycles. The molecule has 23 heavy (non-hydrogen) atoms. The lowest BCUT2D eigenvalue weighted by Crippen LogP contribution is -2.51. The largest absolute Gasteiger partial charge is 0.360 e. The Balaban J connectivity index is 1.67. The molecule has 3 fully saturated rings. The Morgan fingerprint density at radius 1 is 0.870 bits per heavy atom. The number of hydrogen-bond donors (Lipinski definition) is 1. The summed E-state index contributed by atoms with van der Waals surface area (Å²) in [6, 6.07) is 1.13. The fourth-order valence-electron chi connectivity index (χ4n) is 4.45. The van der Waals surface area contributed by atoms with Crippen LogP contribution in [0.1, 0.15) is 77.0 Å². The van der Waals surface area contributed by atoms with Crippen LogP contribution in [-0.4, -0.2) is 40.1 Å². The molecule has 0 aromatic rings. The summed E-state index contributed by atoms with van der Waals surface area (Å²) < 4.78 is 0. The second kappa shape index (κ2) is 8.36. The van der Waals surface area contributed by atoms with Crippen LogP contribution in [0.2, 0.25) is 0 Å². The minimum absolute atomic E-state index is 0.556. The molecule has 0 spiro atoms. The number of rotatable bonds is 4. The smallest absolute Gasteiger partial charge is 0.175 e. The van der Waals surface area contributed by atoms with E-state index in [1.807, 2.05) is 0 Å². The van der Waals surface area contributed by atoms with E-state index in [-0.39, 0.29) is 0 Å². The third kappa shape index (κ3) is 4.40. The van der Waals surface area contributed by atoms with E-state index in [9.17, 15) is 0 Å². The van der Waals surface area contributed by atoms with Crippen molar-refractivity contribution in [2.75, 3.05) is 13.1 Å². The van der Waals surface area contributed by atoms with Crippen LogP contribution in [0.4, 0.5) is 0 Å². The summed E-state index contributed by atoms with van der Waals surface area (Å²) in [6.07, 6.45) is 15.8. The van der Waals surface area contributed by atoms with Gasteiger partial charge in [0.2, 0.25) is 0 Å². The maximum atomic E-state index is 5.88. The second-order valence-corrected chi connectivity index (χ2v) is 7.94. The van der Waals surface area contributed by atoms with E-state index in [4.69, 9.17) is 12.2 Å². The number of hydrogen-bond acceptors (Lipinski definition) is 2. The fraction of sp³-hybridized carbons (Fsp3) is 0.842. The summed E-state index contributed by atoms with van der Waals surface area (Å²) in [5.74, 6) is 1.16. The highest BCUT2D eigenvalue weighted by Gasteiger charge is 2.30. The first kappa shape index (κ1) is 17.1. The molecule has 0 amide bonds. The van der Waals surface area contributed by atoms with E-state index >= 15 is 0 Å². The van der Waals surface area contributed by atoms with Gasteiger partial charge in [0.25, 0.3) is 0 Å². The summed E-state index contributed by atoms with van der Waals surface area (Å²) in [6.45, 7) is 6.74. The van der Waals surface area contributed by atoms with E-state index in [0.29, 0.717) is 12.1 Å². The standard InChI is InChI=1S/C19H33N3S/c1-16(21-14-8-9-15-21)22(18-12-6-3-7-13-18)19(23)20-17-10-4-2-5-11-17/h17-18H,1-15H2,(H,20,23). The molecule has 1 saturated heterocycles. The first-order valence-corrected chi connectivity index (χ1v) is 10.2. The van der Waals surface area contributed by atoms with Gasteiger partial charge in [0.05, 0.1) is 0 Å². The summed E-state index contributed by atoms with van der Waals surface area (Å²) in [4.78, 5) is 4.85. The molecule has 0 atom stereocenters. The highest BCUT2D eigenvalue weighted by molar-refractivity contribution is 7.80. The molecule has 0 aromatic heterocycles. The van der Waals surface area contributed by atoms with Gasteiger partial charge in [-0.25, -0.2) is 0 Å². The molecule has 0 aromatic carbocycles. The van der Waals surface area contributed by atoms with Crippen LogP contribution in [-0.2, 0) is 0 Å². The lowest BCUT2D eigenvalue weighted by molar-refractivity contribution is 0.217. The lowest BCUT2D eigenvalue weighted by atomic mass is 9.94. The van der Waals surface area contributed by atoms with Gasteiger partial charge < -0.3 is 15.1 Å². The molecule has 2 saturated carbocycles. The van der Waals surface area contributed by atoms with Crippen molar-refractivity contribution in [3.63, 3.8) is 0 Å². The molecule has 0 radical (unpaired) electrons. The zero-order chi connectivity index (χ0) is 16.1. The summed E-state index contributed by atoms with van der Waals surface area (Å²) in [7, 11) is 0. The van der Waals surface area contributed by atoms with Crippen molar-refractivity contribution >= 4 is 17.3 Å². The first-order chi connectivity index (χ1) is 11.3. The number of likely N-dealkylation sites (tertiary alicyclic amines) is 1. The number of nitrogens with zero attached hydrogens (tertiary/aromatic N) is 2. The minimum atomic E-state index is 0.556. The Hall–Kier alpha value is -0.770. The Bertz CT molecular complexity index is 405. The van der Waals surface area contributed by atoms with Crippen molar-refractivity contribution in [1.82, 2.24) is 15.1 Å². The van der Waals surface area contributed by atoms with Gasteiger partial charge in [-0.2, -0.15) is 0 Å². The van der Waals surface area contributed by atoms with Crippen LogP contribution in [0.25, 0.3) is 0 Å². The van der Waals surface area contributed by atoms with E-state index in [2.05, 4.69) is 21.7 Å². The maximum absolute atomic E-state index is 5.88. The summed E-state index contributed by atoms with van der Waals surface area (Å²) in [5, 5.41) is 4.64. The average molecular weight is 336 g/mol. The van der Waals surface area contributed by atoms with Crippen molar-refractivity contribution in [2.24, 2.45) is 0 Å². The van der Waals surface area contributed by atoms with Crippen LogP contribution in [0, 0.1) is 0 Å². The number of thiocarbonyl (C=S) groups is 1. The molecule has 3 aliphatic rings. The van der Waals surface area contributed by atoms with Gasteiger partial charge in [0.1, 0.15) is 5.82 Å². The van der Waals surface area contributed by atoms with Gasteiger partial charge >= 0.3 is 0 Å².